The topological polar surface area (TPSA) is 23.6 Å². The molecular formula is C27H29FN2O. The summed E-state index contributed by atoms with van der Waals surface area (Å²) in [4.78, 5) is 17.7. The number of carbonyl (C=O) groups is 1. The number of anilines is 1. The van der Waals surface area contributed by atoms with Crippen molar-refractivity contribution in [1.29, 1.82) is 0 Å². The molecule has 3 aromatic carbocycles. The van der Waals surface area contributed by atoms with Crippen molar-refractivity contribution < 1.29 is 9.18 Å². The van der Waals surface area contributed by atoms with E-state index in [-0.39, 0.29) is 17.5 Å². The van der Waals surface area contributed by atoms with Crippen molar-refractivity contribution in [2.75, 3.05) is 18.0 Å². The maximum absolute atomic E-state index is 14.4. The van der Waals surface area contributed by atoms with Crippen LogP contribution in [0, 0.1) is 19.7 Å². The summed E-state index contributed by atoms with van der Waals surface area (Å²) in [6.45, 7) is 6.84. The first-order valence-electron chi connectivity index (χ1n) is 10.9. The highest BCUT2D eigenvalue weighted by atomic mass is 19.1. The van der Waals surface area contributed by atoms with Crippen molar-refractivity contribution >= 4 is 11.6 Å². The summed E-state index contributed by atoms with van der Waals surface area (Å²) < 4.78 is 14.4. The molecule has 1 saturated heterocycles. The fourth-order valence-electron chi connectivity index (χ4n) is 4.32. The molecular weight excluding hydrogens is 387 g/mol. The van der Waals surface area contributed by atoms with Crippen molar-refractivity contribution in [3.8, 4) is 0 Å². The van der Waals surface area contributed by atoms with E-state index in [0.29, 0.717) is 0 Å². The van der Waals surface area contributed by atoms with Gasteiger partial charge in [-0.05, 0) is 62.1 Å². The van der Waals surface area contributed by atoms with Crippen LogP contribution in [0.1, 0.15) is 39.9 Å². The summed E-state index contributed by atoms with van der Waals surface area (Å²) in [7, 11) is 0. The van der Waals surface area contributed by atoms with Crippen LogP contribution >= 0.6 is 0 Å². The second kappa shape index (κ2) is 9.44. The van der Waals surface area contributed by atoms with Gasteiger partial charge in [0.2, 0.25) is 0 Å². The van der Waals surface area contributed by atoms with E-state index in [9.17, 15) is 9.18 Å². The van der Waals surface area contributed by atoms with Gasteiger partial charge in [-0.15, -0.1) is 0 Å². The second-order valence-electron chi connectivity index (χ2n) is 8.49. The molecule has 0 spiro atoms. The lowest BCUT2D eigenvalue weighted by molar-refractivity contribution is 0.0954. The third-order valence-electron chi connectivity index (χ3n) is 6.05. The molecule has 0 aliphatic carbocycles. The van der Waals surface area contributed by atoms with E-state index in [1.54, 1.807) is 18.2 Å². The minimum atomic E-state index is -0.470. The zero-order valence-electron chi connectivity index (χ0n) is 18.2. The average Bonchev–Trinajstić information content (AvgIpc) is 2.77. The normalized spacial score (nSPS) is 15.1. The van der Waals surface area contributed by atoms with Crippen molar-refractivity contribution in [2.24, 2.45) is 0 Å². The molecule has 1 heterocycles. The van der Waals surface area contributed by atoms with Crippen molar-refractivity contribution in [2.45, 2.75) is 39.3 Å². The Balaban J connectivity index is 1.53. The average molecular weight is 417 g/mol. The lowest BCUT2D eigenvalue weighted by Crippen LogP contribution is -2.47. The summed E-state index contributed by atoms with van der Waals surface area (Å²) in [5.41, 5.74) is 4.63. The van der Waals surface area contributed by atoms with Crippen molar-refractivity contribution in [3.05, 3.63) is 101 Å². The highest BCUT2D eigenvalue weighted by Gasteiger charge is 2.31. The Morgan fingerprint density at radius 3 is 2.32 bits per heavy atom. The lowest BCUT2D eigenvalue weighted by Gasteiger charge is -2.39. The number of piperidine rings is 1. The lowest BCUT2D eigenvalue weighted by atomic mass is 9.99. The van der Waals surface area contributed by atoms with E-state index < -0.39 is 5.82 Å². The van der Waals surface area contributed by atoms with E-state index in [4.69, 9.17) is 0 Å². The predicted molar refractivity (Wildman–Crippen MR) is 124 cm³/mol. The first-order valence-corrected chi connectivity index (χ1v) is 10.9. The van der Waals surface area contributed by atoms with Crippen LogP contribution in [0.25, 0.3) is 0 Å². The molecule has 1 fully saturated rings. The van der Waals surface area contributed by atoms with E-state index >= 15 is 0 Å². The quantitative estimate of drug-likeness (QED) is 0.528. The first kappa shape index (κ1) is 21.3. The highest BCUT2D eigenvalue weighted by molar-refractivity contribution is 6.06. The molecule has 0 bridgehead atoms. The number of hydrogen-bond donors (Lipinski definition) is 0. The van der Waals surface area contributed by atoms with Gasteiger partial charge in [-0.25, -0.2) is 4.39 Å². The van der Waals surface area contributed by atoms with Gasteiger partial charge < -0.3 is 4.90 Å². The van der Waals surface area contributed by atoms with E-state index in [1.165, 1.54) is 17.2 Å². The molecule has 31 heavy (non-hydrogen) atoms. The minimum absolute atomic E-state index is 0.0446. The van der Waals surface area contributed by atoms with Crippen LogP contribution in [0.3, 0.4) is 0 Å². The van der Waals surface area contributed by atoms with Crippen LogP contribution in [-0.2, 0) is 6.54 Å². The maximum Gasteiger partial charge on any atom is 0.261 e. The fraction of sp³-hybridized carbons (Fsp3) is 0.296. The number of benzene rings is 3. The SMILES string of the molecule is Cc1ccc(CN2CCC(N(C(=O)c3ccccc3F)c3cccc(C)c3)CC2)cc1. The number of hydrogen-bond acceptors (Lipinski definition) is 2. The van der Waals surface area contributed by atoms with E-state index in [2.05, 4.69) is 36.1 Å². The van der Waals surface area contributed by atoms with Gasteiger partial charge in [0.15, 0.2) is 0 Å². The minimum Gasteiger partial charge on any atom is -0.305 e. The van der Waals surface area contributed by atoms with E-state index in [0.717, 1.165) is 43.7 Å². The van der Waals surface area contributed by atoms with Gasteiger partial charge in [0, 0.05) is 31.4 Å². The van der Waals surface area contributed by atoms with Crippen molar-refractivity contribution in [1.82, 2.24) is 4.90 Å². The largest absolute Gasteiger partial charge is 0.305 e. The number of halogens is 1. The molecule has 1 aliphatic heterocycles. The number of aryl methyl sites for hydroxylation is 2. The predicted octanol–water partition coefficient (Wildman–Crippen LogP) is 5.75. The number of carbonyl (C=O) groups excluding carboxylic acids is 1. The monoisotopic (exact) mass is 416 g/mol. The summed E-state index contributed by atoms with van der Waals surface area (Å²) in [5, 5.41) is 0. The van der Waals surface area contributed by atoms with Crippen LogP contribution in [0.15, 0.2) is 72.8 Å². The molecule has 0 N–H and O–H groups in total. The molecule has 4 heteroatoms. The Hall–Kier alpha value is -2.98. The van der Waals surface area contributed by atoms with Crippen LogP contribution in [-0.4, -0.2) is 29.9 Å². The Kier molecular flexibility index (Phi) is 6.47. The standard InChI is InChI=1S/C27H29FN2O/c1-20-10-12-22(13-11-20)19-29-16-14-23(15-17-29)30(24-7-5-6-21(2)18-24)27(31)25-8-3-4-9-26(25)28/h3-13,18,23H,14-17,19H2,1-2H3. The third-order valence-corrected chi connectivity index (χ3v) is 6.05. The summed E-state index contributed by atoms with van der Waals surface area (Å²) in [6, 6.07) is 22.9. The summed E-state index contributed by atoms with van der Waals surface area (Å²) in [6.07, 6.45) is 1.72. The molecule has 3 aromatic rings. The number of amides is 1. The molecule has 0 unspecified atom stereocenters. The number of nitrogens with zero attached hydrogens (tertiary/aromatic N) is 2. The smallest absolute Gasteiger partial charge is 0.261 e. The van der Waals surface area contributed by atoms with Crippen LogP contribution < -0.4 is 4.90 Å². The Morgan fingerprint density at radius 2 is 1.65 bits per heavy atom. The van der Waals surface area contributed by atoms with Crippen LogP contribution in [0.4, 0.5) is 10.1 Å². The van der Waals surface area contributed by atoms with Gasteiger partial charge in [-0.3, -0.25) is 9.69 Å². The van der Waals surface area contributed by atoms with Gasteiger partial charge in [0.1, 0.15) is 5.82 Å². The van der Waals surface area contributed by atoms with Gasteiger partial charge in [-0.1, -0.05) is 54.1 Å². The molecule has 0 radical (unpaired) electrons. The van der Waals surface area contributed by atoms with Crippen LogP contribution in [0.5, 0.6) is 0 Å². The Bertz CT molecular complexity index is 1040. The molecule has 160 valence electrons. The summed E-state index contributed by atoms with van der Waals surface area (Å²) >= 11 is 0. The highest BCUT2D eigenvalue weighted by Crippen LogP contribution is 2.28. The molecule has 1 amide bonds. The first-order chi connectivity index (χ1) is 15.0. The molecule has 0 aromatic heterocycles. The number of rotatable bonds is 5. The second-order valence-corrected chi connectivity index (χ2v) is 8.49. The van der Waals surface area contributed by atoms with Gasteiger partial charge in [0.25, 0.3) is 5.91 Å². The molecule has 0 saturated carbocycles. The zero-order chi connectivity index (χ0) is 21.8. The van der Waals surface area contributed by atoms with Gasteiger partial charge >= 0.3 is 0 Å². The van der Waals surface area contributed by atoms with Gasteiger partial charge in [-0.2, -0.15) is 0 Å². The van der Waals surface area contributed by atoms with Crippen LogP contribution in [0.2, 0.25) is 0 Å². The third kappa shape index (κ3) is 5.02. The van der Waals surface area contributed by atoms with Gasteiger partial charge in [0.05, 0.1) is 5.56 Å². The molecule has 1 aliphatic rings. The Labute approximate surface area is 184 Å². The zero-order valence-corrected chi connectivity index (χ0v) is 18.2. The molecule has 0 atom stereocenters. The Morgan fingerprint density at radius 1 is 0.935 bits per heavy atom. The summed E-state index contributed by atoms with van der Waals surface area (Å²) in [5.74, 6) is -0.734. The van der Waals surface area contributed by atoms with Crippen molar-refractivity contribution in [3.63, 3.8) is 0 Å². The molecule has 4 rings (SSSR count). The number of likely N-dealkylation sites (tertiary alicyclic amines) is 1. The van der Waals surface area contributed by atoms with E-state index in [1.807, 2.05) is 36.1 Å². The maximum atomic E-state index is 14.4. The fourth-order valence-corrected chi connectivity index (χ4v) is 4.32. The molecule has 3 nitrogen and oxygen atoms in total.